The van der Waals surface area contributed by atoms with Crippen LogP contribution in [0.2, 0.25) is 0 Å². The van der Waals surface area contributed by atoms with Crippen molar-refractivity contribution < 1.29 is 0 Å². The van der Waals surface area contributed by atoms with Crippen LogP contribution in [0.5, 0.6) is 0 Å². The van der Waals surface area contributed by atoms with E-state index in [2.05, 4.69) is 178 Å². The average molecular weight is 813 g/mol. The van der Waals surface area contributed by atoms with Crippen LogP contribution >= 0.6 is 0 Å². The summed E-state index contributed by atoms with van der Waals surface area (Å²) in [5.41, 5.74) is 17.0. The summed E-state index contributed by atoms with van der Waals surface area (Å²) in [7, 11) is 0. The quantitative estimate of drug-likeness (QED) is 0.161. The number of fused-ring (bicyclic) bond motifs is 3. The second-order valence-corrected chi connectivity index (χ2v) is 19.4. The van der Waals surface area contributed by atoms with Crippen molar-refractivity contribution in [2.45, 2.75) is 63.2 Å². The van der Waals surface area contributed by atoms with Crippen LogP contribution in [0.4, 0.5) is 0 Å². The molecule has 0 radical (unpaired) electrons. The molecule has 1 aromatic heterocycles. The maximum atomic E-state index is 9.63. The third-order valence-corrected chi connectivity index (χ3v) is 15.1. The van der Waals surface area contributed by atoms with Gasteiger partial charge in [0.25, 0.3) is 0 Å². The predicted octanol–water partition coefficient (Wildman–Crippen LogP) is 14.5. The van der Waals surface area contributed by atoms with Gasteiger partial charge < -0.3 is 0 Å². The first kappa shape index (κ1) is 37.8. The molecule has 1 heterocycles. The summed E-state index contributed by atoms with van der Waals surface area (Å²) in [5.74, 6) is 4.68. The molecule has 4 saturated carbocycles. The molecule has 4 fully saturated rings. The Balaban J connectivity index is 0.948. The van der Waals surface area contributed by atoms with Gasteiger partial charge in [-0.1, -0.05) is 141 Å². The fourth-order valence-electron chi connectivity index (χ4n) is 12.3. The minimum atomic E-state index is -0.212. The van der Waals surface area contributed by atoms with Crippen molar-refractivity contribution in [3.63, 3.8) is 0 Å². The molecule has 0 saturated heterocycles. The normalized spacial score (nSPS) is 21.1. The van der Waals surface area contributed by atoms with Crippen molar-refractivity contribution in [3.05, 3.63) is 186 Å². The van der Waals surface area contributed by atoms with E-state index in [1.807, 2.05) is 6.07 Å². The first-order chi connectivity index (χ1) is 30.8. The van der Waals surface area contributed by atoms with Crippen molar-refractivity contribution in [2.24, 2.45) is 17.8 Å². The van der Waals surface area contributed by atoms with Crippen molar-refractivity contribution >= 4 is 0 Å². The lowest BCUT2D eigenvalue weighted by Gasteiger charge is -2.57. The number of rotatable bonds is 7. The van der Waals surface area contributed by atoms with Gasteiger partial charge in [-0.3, -0.25) is 0 Å². The van der Waals surface area contributed by atoms with Crippen LogP contribution in [0.3, 0.4) is 0 Å². The SMILES string of the molecule is CC1(C)c2cc(C#N)ccc2-c2ccc(-c3ccc(-c4nc(-c5ccc(C67CC8CC(CC(C8)C6)C7)cc5)nc(-c5cc(-c6ccccc6)cc(-c6ccccc6)c5)n4)cc3)cc21. The van der Waals surface area contributed by atoms with Crippen molar-refractivity contribution in [1.82, 2.24) is 15.0 Å². The first-order valence-electron chi connectivity index (χ1n) is 22.7. The van der Waals surface area contributed by atoms with Crippen molar-refractivity contribution in [2.75, 3.05) is 0 Å². The van der Waals surface area contributed by atoms with Gasteiger partial charge in [0, 0.05) is 22.1 Å². The highest BCUT2D eigenvalue weighted by Crippen LogP contribution is 2.61. The maximum absolute atomic E-state index is 9.63. The molecule has 0 spiro atoms. The van der Waals surface area contributed by atoms with Crippen LogP contribution in [-0.2, 0) is 10.8 Å². The molecule has 0 amide bonds. The van der Waals surface area contributed by atoms with Crippen molar-refractivity contribution in [3.8, 4) is 84.7 Å². The van der Waals surface area contributed by atoms with E-state index in [4.69, 9.17) is 15.0 Å². The average Bonchev–Trinajstić information content (AvgIpc) is 3.55. The second kappa shape index (κ2) is 14.6. The van der Waals surface area contributed by atoms with E-state index < -0.39 is 0 Å². The molecule has 13 rings (SSSR count). The molecule has 0 N–H and O–H groups in total. The summed E-state index contributed by atoms with van der Waals surface area (Å²) in [4.78, 5) is 15.8. The molecule has 304 valence electrons. The van der Waals surface area contributed by atoms with Crippen LogP contribution in [0, 0.1) is 29.1 Å². The molecule has 0 unspecified atom stereocenters. The predicted molar refractivity (Wildman–Crippen MR) is 255 cm³/mol. The van der Waals surface area contributed by atoms with Crippen LogP contribution in [0.1, 0.15) is 74.6 Å². The molecule has 7 aromatic carbocycles. The van der Waals surface area contributed by atoms with E-state index in [0.717, 1.165) is 67.8 Å². The zero-order valence-electron chi connectivity index (χ0n) is 35.9. The lowest BCUT2D eigenvalue weighted by Crippen LogP contribution is -2.48. The van der Waals surface area contributed by atoms with E-state index in [-0.39, 0.29) is 5.41 Å². The van der Waals surface area contributed by atoms with E-state index in [0.29, 0.717) is 28.5 Å². The Bertz CT molecular complexity index is 3010. The fraction of sp³-hybridized carbons (Fsp3) is 0.220. The van der Waals surface area contributed by atoms with Gasteiger partial charge in [0.1, 0.15) is 0 Å². The zero-order chi connectivity index (χ0) is 42.3. The third-order valence-electron chi connectivity index (χ3n) is 15.1. The van der Waals surface area contributed by atoms with E-state index >= 15 is 0 Å². The topological polar surface area (TPSA) is 62.5 Å². The van der Waals surface area contributed by atoms with Gasteiger partial charge in [-0.2, -0.15) is 5.26 Å². The molecule has 4 bridgehead atoms. The highest BCUT2D eigenvalue weighted by Gasteiger charge is 2.51. The molecule has 5 aliphatic carbocycles. The maximum Gasteiger partial charge on any atom is 0.164 e. The van der Waals surface area contributed by atoms with E-state index in [9.17, 15) is 5.26 Å². The minimum Gasteiger partial charge on any atom is -0.208 e. The Labute approximate surface area is 370 Å². The number of hydrogen-bond donors (Lipinski definition) is 0. The van der Waals surface area contributed by atoms with Gasteiger partial charge in [-0.05, 0) is 159 Å². The summed E-state index contributed by atoms with van der Waals surface area (Å²) >= 11 is 0. The molecule has 0 atom stereocenters. The molecular weight excluding hydrogens is 765 g/mol. The molecule has 0 aliphatic heterocycles. The zero-order valence-corrected chi connectivity index (χ0v) is 35.9. The Hall–Kier alpha value is -6.96. The highest BCUT2D eigenvalue weighted by molar-refractivity contribution is 5.85. The van der Waals surface area contributed by atoms with Gasteiger partial charge in [0.15, 0.2) is 17.5 Å². The smallest absolute Gasteiger partial charge is 0.164 e. The van der Waals surface area contributed by atoms with Gasteiger partial charge in [0.05, 0.1) is 11.6 Å². The second-order valence-electron chi connectivity index (χ2n) is 19.4. The number of nitriles is 1. The molecule has 4 heteroatoms. The van der Waals surface area contributed by atoms with Crippen LogP contribution in [0.25, 0.3) is 78.7 Å². The van der Waals surface area contributed by atoms with Gasteiger partial charge in [-0.15, -0.1) is 0 Å². The van der Waals surface area contributed by atoms with Crippen molar-refractivity contribution in [1.29, 1.82) is 5.26 Å². The highest BCUT2D eigenvalue weighted by atomic mass is 15.0. The van der Waals surface area contributed by atoms with E-state index in [1.54, 1.807) is 0 Å². The lowest BCUT2D eigenvalue weighted by molar-refractivity contribution is -0.00518. The Kier molecular flexibility index (Phi) is 8.73. The van der Waals surface area contributed by atoms with E-state index in [1.165, 1.54) is 66.3 Å². The Morgan fingerprint density at radius 2 is 0.857 bits per heavy atom. The molecular formula is C59H48N4. The van der Waals surface area contributed by atoms with Gasteiger partial charge in [0.2, 0.25) is 0 Å². The number of nitrogens with zero attached hydrogens (tertiary/aromatic N) is 4. The van der Waals surface area contributed by atoms with Crippen LogP contribution in [0.15, 0.2) is 164 Å². The lowest BCUT2D eigenvalue weighted by atomic mass is 9.48. The monoisotopic (exact) mass is 812 g/mol. The Morgan fingerprint density at radius 3 is 1.40 bits per heavy atom. The summed E-state index contributed by atoms with van der Waals surface area (Å²) in [6.07, 6.45) is 8.36. The third kappa shape index (κ3) is 6.53. The molecule has 5 aliphatic rings. The summed E-state index contributed by atoms with van der Waals surface area (Å²) in [6, 6.07) is 61.0. The summed E-state index contributed by atoms with van der Waals surface area (Å²) < 4.78 is 0. The standard InChI is InChI=1S/C59H48N4/c1-58(2)53-28-37(36-60)13-23-51(53)52-24-20-46(32-54(52)58)43-14-16-44(17-15-43)55-61-56(45-18-21-50(22-19-45)59-33-38-25-39(34-59)27-40(26-38)35-59)63-57(62-55)49-30-47(41-9-5-3-6-10-41)29-48(31-49)42-11-7-4-8-12-42/h3-24,28-32,38-40H,25-27,33-35H2,1-2H3. The fourth-order valence-corrected chi connectivity index (χ4v) is 12.3. The Morgan fingerprint density at radius 1 is 0.429 bits per heavy atom. The first-order valence-corrected chi connectivity index (χ1v) is 22.7. The van der Waals surface area contributed by atoms with Gasteiger partial charge >= 0.3 is 0 Å². The number of hydrogen-bond acceptors (Lipinski definition) is 4. The van der Waals surface area contributed by atoms with Gasteiger partial charge in [-0.25, -0.2) is 15.0 Å². The minimum absolute atomic E-state index is 0.212. The number of benzene rings is 7. The molecule has 8 aromatic rings. The summed E-state index contributed by atoms with van der Waals surface area (Å²) in [5, 5.41) is 9.63. The molecule has 63 heavy (non-hydrogen) atoms. The summed E-state index contributed by atoms with van der Waals surface area (Å²) in [6.45, 7) is 4.52. The molecule has 4 nitrogen and oxygen atoms in total. The van der Waals surface area contributed by atoms with Crippen LogP contribution < -0.4 is 0 Å². The number of aromatic nitrogens is 3. The largest absolute Gasteiger partial charge is 0.208 e. The van der Waals surface area contributed by atoms with Crippen LogP contribution in [-0.4, -0.2) is 15.0 Å².